The molecule has 0 N–H and O–H groups in total. The van der Waals surface area contributed by atoms with Gasteiger partial charge in [-0.25, -0.2) is 0 Å². The van der Waals surface area contributed by atoms with E-state index < -0.39 is 0 Å². The van der Waals surface area contributed by atoms with Gasteiger partial charge in [0.15, 0.2) is 0 Å². The number of pyridine rings is 1. The Morgan fingerprint density at radius 2 is 0.672 bits per heavy atom. The van der Waals surface area contributed by atoms with Gasteiger partial charge < -0.3 is 14.7 Å². The van der Waals surface area contributed by atoms with Crippen LogP contribution in [0.5, 0.6) is 0 Å². The Balaban J connectivity index is 1.13. The maximum atomic E-state index is 5.25. The van der Waals surface area contributed by atoms with E-state index in [4.69, 9.17) is 4.98 Å². The number of rotatable bonds is 4. The van der Waals surface area contributed by atoms with Crippen molar-refractivity contribution >= 4 is 51.2 Å². The fourth-order valence-corrected chi connectivity index (χ4v) is 10.7. The summed E-state index contributed by atoms with van der Waals surface area (Å²) in [5.74, 6) is 0. The molecule has 61 heavy (non-hydrogen) atoms. The van der Waals surface area contributed by atoms with Gasteiger partial charge in [-0.1, -0.05) is 145 Å². The number of anilines is 9. The van der Waals surface area contributed by atoms with E-state index in [0.29, 0.717) is 0 Å². The molecular formula is C57H50N4. The van der Waals surface area contributed by atoms with E-state index in [1.807, 2.05) is 0 Å². The van der Waals surface area contributed by atoms with Gasteiger partial charge in [-0.15, -0.1) is 0 Å². The van der Waals surface area contributed by atoms with Gasteiger partial charge in [0.2, 0.25) is 0 Å². The van der Waals surface area contributed by atoms with E-state index in [1.165, 1.54) is 67.5 Å². The molecule has 0 atom stereocenters. The lowest BCUT2D eigenvalue weighted by Gasteiger charge is -2.45. The van der Waals surface area contributed by atoms with E-state index in [2.05, 4.69) is 239 Å². The molecule has 0 fully saturated rings. The minimum Gasteiger partial charge on any atom is -0.310 e. The lowest BCUT2D eigenvalue weighted by atomic mass is 9.72. The second-order valence-corrected chi connectivity index (χ2v) is 18.5. The van der Waals surface area contributed by atoms with Crippen LogP contribution in [-0.4, -0.2) is 4.98 Å². The van der Waals surface area contributed by atoms with E-state index in [9.17, 15) is 0 Å². The fourth-order valence-electron chi connectivity index (χ4n) is 10.7. The summed E-state index contributed by atoms with van der Waals surface area (Å²) < 4.78 is 0. The molecule has 7 aromatic carbocycles. The van der Waals surface area contributed by atoms with Crippen LogP contribution >= 0.6 is 0 Å². The van der Waals surface area contributed by atoms with E-state index >= 15 is 0 Å². The Hall–Kier alpha value is -6.91. The summed E-state index contributed by atoms with van der Waals surface area (Å²) in [4.78, 5) is 12.7. The largest absolute Gasteiger partial charge is 0.310 e. The topological polar surface area (TPSA) is 22.6 Å². The van der Waals surface area contributed by atoms with Gasteiger partial charge in [0, 0.05) is 33.2 Å². The third kappa shape index (κ3) is 5.41. The van der Waals surface area contributed by atoms with Crippen LogP contribution in [0.2, 0.25) is 0 Å². The molecule has 0 aliphatic carbocycles. The van der Waals surface area contributed by atoms with Gasteiger partial charge in [0.1, 0.15) is 0 Å². The highest BCUT2D eigenvalue weighted by Gasteiger charge is 2.42. The number of fused-ring (bicyclic) bond motifs is 6. The predicted octanol–water partition coefficient (Wildman–Crippen LogP) is 15.4. The molecule has 0 amide bonds. The average Bonchev–Trinajstić information content (AvgIpc) is 3.28. The molecule has 8 aromatic rings. The van der Waals surface area contributed by atoms with E-state index in [-0.39, 0.29) is 16.2 Å². The zero-order valence-corrected chi connectivity index (χ0v) is 36.0. The molecule has 3 aliphatic heterocycles. The van der Waals surface area contributed by atoms with Crippen LogP contribution in [0.3, 0.4) is 0 Å². The maximum absolute atomic E-state index is 5.25. The zero-order valence-electron chi connectivity index (χ0n) is 36.0. The number of aryl methyl sites for hydroxylation is 1. The molecular weight excluding hydrogens is 741 g/mol. The van der Waals surface area contributed by atoms with Crippen molar-refractivity contribution in [1.29, 1.82) is 0 Å². The highest BCUT2D eigenvalue weighted by Crippen LogP contribution is 2.58. The molecule has 0 radical (unpaired) electrons. The molecule has 0 spiro atoms. The van der Waals surface area contributed by atoms with Gasteiger partial charge in [0.05, 0.1) is 51.2 Å². The van der Waals surface area contributed by atoms with Crippen molar-refractivity contribution in [2.75, 3.05) is 14.7 Å². The maximum Gasteiger partial charge on any atom is 0.0706 e. The van der Waals surface area contributed by atoms with Crippen molar-refractivity contribution in [3.63, 3.8) is 0 Å². The first-order valence-corrected chi connectivity index (χ1v) is 21.6. The summed E-state index contributed by atoms with van der Waals surface area (Å²) >= 11 is 0. The Labute approximate surface area is 360 Å². The third-order valence-electron chi connectivity index (χ3n) is 13.9. The number of nitrogens with zero attached hydrogens (tertiary/aromatic N) is 4. The molecule has 0 unspecified atom stereocenters. The first-order valence-electron chi connectivity index (χ1n) is 21.6. The van der Waals surface area contributed by atoms with E-state index in [0.717, 1.165) is 34.0 Å². The molecule has 11 rings (SSSR count). The Kier molecular flexibility index (Phi) is 8.09. The molecule has 4 heteroatoms. The standard InChI is InChI=1S/C57H50N4/c1-37-48(34-31-47(58-37)38-19-9-8-10-20-38)61-53-32-29-39(59-49-25-15-11-21-41(49)55(2,3)42-22-12-16-26-50(42)59)35-45(53)57(6,7)46-36-40(30-33-54(46)61)60-51-27-17-13-23-43(51)56(4,5)44-24-14-18-28-52(44)60/h8-36H,1-7H3. The van der Waals surface area contributed by atoms with Crippen LogP contribution in [0.25, 0.3) is 11.3 Å². The number of aromatic nitrogens is 1. The quantitative estimate of drug-likeness (QED) is 0.177. The molecule has 0 saturated heterocycles. The Morgan fingerprint density at radius 1 is 0.328 bits per heavy atom. The molecule has 298 valence electrons. The number of para-hydroxylation sites is 4. The Bertz CT molecular complexity index is 2790. The summed E-state index contributed by atoms with van der Waals surface area (Å²) in [6.45, 7) is 16.4. The minimum atomic E-state index is -0.374. The van der Waals surface area contributed by atoms with Gasteiger partial charge in [-0.2, -0.15) is 0 Å². The third-order valence-corrected chi connectivity index (χ3v) is 13.9. The van der Waals surface area contributed by atoms with Crippen LogP contribution in [0.1, 0.15) is 80.6 Å². The van der Waals surface area contributed by atoms with Crippen LogP contribution in [0.4, 0.5) is 51.2 Å². The SMILES string of the molecule is Cc1nc(-c2ccccc2)ccc1N1c2ccc(N3c4ccccc4C(C)(C)c4ccccc43)cc2C(C)(C)c2cc(N3c4ccccc4C(C)(C)c4ccccc43)ccc21. The van der Waals surface area contributed by atoms with Gasteiger partial charge in [-0.05, 0) is 113 Å². The minimum absolute atomic E-state index is 0.138. The van der Waals surface area contributed by atoms with Crippen molar-refractivity contribution in [1.82, 2.24) is 4.98 Å². The molecule has 0 saturated carbocycles. The summed E-state index contributed by atoms with van der Waals surface area (Å²) in [5, 5.41) is 0. The van der Waals surface area contributed by atoms with Crippen molar-refractivity contribution in [2.24, 2.45) is 0 Å². The zero-order chi connectivity index (χ0) is 41.8. The highest BCUT2D eigenvalue weighted by atomic mass is 15.2. The average molecular weight is 791 g/mol. The molecule has 4 nitrogen and oxygen atoms in total. The second kappa shape index (κ2) is 13.3. The van der Waals surface area contributed by atoms with Crippen molar-refractivity contribution in [2.45, 2.75) is 64.7 Å². The monoisotopic (exact) mass is 790 g/mol. The normalized spacial score (nSPS) is 16.1. The predicted molar refractivity (Wildman–Crippen MR) is 255 cm³/mol. The van der Waals surface area contributed by atoms with Crippen molar-refractivity contribution < 1.29 is 0 Å². The van der Waals surface area contributed by atoms with Gasteiger partial charge in [0.25, 0.3) is 0 Å². The van der Waals surface area contributed by atoms with Crippen molar-refractivity contribution in [3.8, 4) is 11.3 Å². The highest BCUT2D eigenvalue weighted by molar-refractivity contribution is 5.93. The molecule has 4 heterocycles. The molecule has 3 aliphatic rings. The van der Waals surface area contributed by atoms with Crippen LogP contribution in [-0.2, 0) is 16.2 Å². The first-order chi connectivity index (χ1) is 29.5. The Morgan fingerprint density at radius 3 is 1.08 bits per heavy atom. The first kappa shape index (κ1) is 37.1. The summed E-state index contributed by atoms with van der Waals surface area (Å²) in [5.41, 5.74) is 20.9. The number of benzene rings is 7. The molecule has 1 aromatic heterocycles. The number of hydrogen-bond acceptors (Lipinski definition) is 4. The summed E-state index contributed by atoms with van der Waals surface area (Å²) in [6.07, 6.45) is 0. The summed E-state index contributed by atoms with van der Waals surface area (Å²) in [7, 11) is 0. The lowest BCUT2D eigenvalue weighted by Crippen LogP contribution is -2.33. The van der Waals surface area contributed by atoms with Crippen LogP contribution in [0, 0.1) is 6.92 Å². The molecule has 0 bridgehead atoms. The number of hydrogen-bond donors (Lipinski definition) is 0. The van der Waals surface area contributed by atoms with Crippen molar-refractivity contribution in [3.05, 3.63) is 215 Å². The van der Waals surface area contributed by atoms with Gasteiger partial charge in [-0.3, -0.25) is 4.98 Å². The summed E-state index contributed by atoms with van der Waals surface area (Å²) in [6, 6.07) is 64.9. The van der Waals surface area contributed by atoms with Crippen LogP contribution < -0.4 is 14.7 Å². The smallest absolute Gasteiger partial charge is 0.0706 e. The lowest BCUT2D eigenvalue weighted by molar-refractivity contribution is 0.626. The van der Waals surface area contributed by atoms with Gasteiger partial charge >= 0.3 is 0 Å². The van der Waals surface area contributed by atoms with E-state index in [1.54, 1.807) is 0 Å². The second-order valence-electron chi connectivity index (χ2n) is 18.5. The fraction of sp³-hybridized carbons (Fsp3) is 0.175. The van der Waals surface area contributed by atoms with Crippen LogP contribution in [0.15, 0.2) is 176 Å².